The predicted octanol–water partition coefficient (Wildman–Crippen LogP) is 3.19. The first-order chi connectivity index (χ1) is 11.3. The lowest BCUT2D eigenvalue weighted by molar-refractivity contribution is -0.132. The van der Waals surface area contributed by atoms with Crippen molar-refractivity contribution in [3.8, 4) is 11.4 Å². The zero-order valence-corrected chi connectivity index (χ0v) is 12.9. The zero-order chi connectivity index (χ0) is 16.1. The van der Waals surface area contributed by atoms with Crippen molar-refractivity contribution in [2.45, 2.75) is 31.6 Å². The van der Waals surface area contributed by atoms with Crippen molar-refractivity contribution in [1.82, 2.24) is 15.0 Å². The number of hydrogen-bond donors (Lipinski definition) is 0. The summed E-state index contributed by atoms with van der Waals surface area (Å²) in [5, 5.41) is 4.05. The van der Waals surface area contributed by atoms with E-state index < -0.39 is 6.67 Å². The molecule has 0 unspecified atom stereocenters. The van der Waals surface area contributed by atoms with E-state index in [0.29, 0.717) is 37.6 Å². The van der Waals surface area contributed by atoms with Crippen LogP contribution in [0.15, 0.2) is 34.9 Å². The molecule has 3 rings (SSSR count). The van der Waals surface area contributed by atoms with Crippen LogP contribution in [0.5, 0.6) is 0 Å². The van der Waals surface area contributed by atoms with Crippen LogP contribution in [0.25, 0.3) is 11.4 Å². The Bertz CT molecular complexity index is 636. The lowest BCUT2D eigenvalue weighted by Crippen LogP contribution is -2.37. The van der Waals surface area contributed by atoms with Gasteiger partial charge in [0.15, 0.2) is 0 Å². The number of hydrogen-bond acceptors (Lipinski definition) is 4. The van der Waals surface area contributed by atoms with Crippen molar-refractivity contribution in [3.63, 3.8) is 0 Å². The molecule has 1 fully saturated rings. The number of amides is 1. The molecule has 1 saturated heterocycles. The van der Waals surface area contributed by atoms with E-state index in [0.717, 1.165) is 18.4 Å². The second-order valence-electron chi connectivity index (χ2n) is 5.77. The minimum Gasteiger partial charge on any atom is -0.343 e. The maximum Gasteiger partial charge on any atom is 0.230 e. The average Bonchev–Trinajstić information content (AvgIpc) is 3.11. The number of carbonyl (C=O) groups excluding carboxylic acids is 1. The summed E-state index contributed by atoms with van der Waals surface area (Å²) in [6.07, 6.45) is 2.21. The Hall–Kier alpha value is -2.24. The molecule has 2 heterocycles. The van der Waals surface area contributed by atoms with Crippen LogP contribution in [-0.2, 0) is 4.79 Å². The molecular formula is C17H20FN3O2. The number of likely N-dealkylation sites (tertiary alicyclic amines) is 1. The van der Waals surface area contributed by atoms with Gasteiger partial charge in [-0.2, -0.15) is 4.98 Å². The highest BCUT2D eigenvalue weighted by atomic mass is 19.1. The monoisotopic (exact) mass is 317 g/mol. The molecule has 1 aromatic heterocycles. The molecule has 1 aliphatic heterocycles. The molecule has 0 spiro atoms. The van der Waals surface area contributed by atoms with Crippen LogP contribution in [0.3, 0.4) is 0 Å². The Morgan fingerprint density at radius 1 is 1.26 bits per heavy atom. The first-order valence-corrected chi connectivity index (χ1v) is 8.00. The fourth-order valence-electron chi connectivity index (χ4n) is 2.86. The zero-order valence-electron chi connectivity index (χ0n) is 12.9. The van der Waals surface area contributed by atoms with E-state index in [1.54, 1.807) is 4.90 Å². The number of carbonyl (C=O) groups is 1. The van der Waals surface area contributed by atoms with E-state index in [9.17, 15) is 9.18 Å². The van der Waals surface area contributed by atoms with Crippen molar-refractivity contribution in [1.29, 1.82) is 0 Å². The number of rotatable bonds is 5. The summed E-state index contributed by atoms with van der Waals surface area (Å²) in [6.45, 7) is 0.893. The molecule has 5 nitrogen and oxygen atoms in total. The van der Waals surface area contributed by atoms with Crippen LogP contribution in [0.2, 0.25) is 0 Å². The number of halogens is 1. The van der Waals surface area contributed by atoms with Gasteiger partial charge in [0, 0.05) is 31.0 Å². The molecule has 1 aliphatic rings. The molecule has 1 amide bonds. The summed E-state index contributed by atoms with van der Waals surface area (Å²) in [4.78, 5) is 18.2. The highest BCUT2D eigenvalue weighted by Gasteiger charge is 2.27. The fourth-order valence-corrected chi connectivity index (χ4v) is 2.86. The maximum atomic E-state index is 12.1. The number of piperidine rings is 1. The van der Waals surface area contributed by atoms with Crippen molar-refractivity contribution >= 4 is 5.91 Å². The molecule has 122 valence electrons. The van der Waals surface area contributed by atoms with E-state index in [1.807, 2.05) is 30.3 Å². The quantitative estimate of drug-likeness (QED) is 0.850. The average molecular weight is 317 g/mol. The molecule has 0 saturated carbocycles. The third-order valence-corrected chi connectivity index (χ3v) is 4.19. The minimum absolute atomic E-state index is 0.0385. The number of aromatic nitrogens is 2. The third kappa shape index (κ3) is 3.75. The van der Waals surface area contributed by atoms with Crippen molar-refractivity contribution in [3.05, 3.63) is 36.2 Å². The van der Waals surface area contributed by atoms with Gasteiger partial charge >= 0.3 is 0 Å². The van der Waals surface area contributed by atoms with Crippen LogP contribution >= 0.6 is 0 Å². The molecule has 0 atom stereocenters. The SMILES string of the molecule is O=C(CCCF)N1CCC(c2nc(-c3ccccc3)no2)CC1. The first-order valence-electron chi connectivity index (χ1n) is 8.00. The number of alkyl halides is 1. The standard InChI is InChI=1S/C17H20FN3O2/c18-10-4-7-15(22)21-11-8-14(9-12-21)17-19-16(20-23-17)13-5-2-1-3-6-13/h1-3,5-6,14H,4,7-12H2. The van der Waals surface area contributed by atoms with Gasteiger partial charge in [-0.25, -0.2) is 0 Å². The summed E-state index contributed by atoms with van der Waals surface area (Å²) >= 11 is 0. The smallest absolute Gasteiger partial charge is 0.230 e. The normalized spacial score (nSPS) is 15.8. The maximum absolute atomic E-state index is 12.1. The molecular weight excluding hydrogens is 297 g/mol. The van der Waals surface area contributed by atoms with Gasteiger partial charge in [-0.3, -0.25) is 9.18 Å². The van der Waals surface area contributed by atoms with Gasteiger partial charge in [0.2, 0.25) is 17.6 Å². The van der Waals surface area contributed by atoms with E-state index in [-0.39, 0.29) is 11.8 Å². The second kappa shape index (κ2) is 7.35. The van der Waals surface area contributed by atoms with Crippen LogP contribution in [0, 0.1) is 0 Å². The van der Waals surface area contributed by atoms with Gasteiger partial charge in [-0.15, -0.1) is 0 Å². The lowest BCUT2D eigenvalue weighted by atomic mass is 9.96. The van der Waals surface area contributed by atoms with E-state index in [2.05, 4.69) is 10.1 Å². The Morgan fingerprint density at radius 3 is 2.70 bits per heavy atom. The van der Waals surface area contributed by atoms with Gasteiger partial charge in [0.05, 0.1) is 6.67 Å². The second-order valence-corrected chi connectivity index (χ2v) is 5.77. The molecule has 0 aliphatic carbocycles. The molecule has 23 heavy (non-hydrogen) atoms. The fraction of sp³-hybridized carbons (Fsp3) is 0.471. The van der Waals surface area contributed by atoms with Crippen molar-refractivity contribution in [2.24, 2.45) is 0 Å². The predicted molar refractivity (Wildman–Crippen MR) is 83.5 cm³/mol. The molecule has 1 aromatic carbocycles. The highest BCUT2D eigenvalue weighted by molar-refractivity contribution is 5.76. The molecule has 2 aromatic rings. The Labute approximate surface area is 134 Å². The summed E-state index contributed by atoms with van der Waals surface area (Å²) in [5.41, 5.74) is 0.932. The van der Waals surface area contributed by atoms with Gasteiger partial charge in [0.25, 0.3) is 0 Å². The molecule has 0 N–H and O–H groups in total. The van der Waals surface area contributed by atoms with Gasteiger partial charge in [-0.1, -0.05) is 35.5 Å². The van der Waals surface area contributed by atoms with Crippen LogP contribution < -0.4 is 0 Å². The summed E-state index contributed by atoms with van der Waals surface area (Å²) < 4.78 is 17.6. The number of nitrogens with zero attached hydrogens (tertiary/aromatic N) is 3. The number of benzene rings is 1. The summed E-state index contributed by atoms with van der Waals surface area (Å²) in [6, 6.07) is 9.71. The van der Waals surface area contributed by atoms with Crippen molar-refractivity contribution in [2.75, 3.05) is 19.8 Å². The van der Waals surface area contributed by atoms with E-state index in [1.165, 1.54) is 0 Å². The topological polar surface area (TPSA) is 59.2 Å². The van der Waals surface area contributed by atoms with Gasteiger partial charge < -0.3 is 9.42 Å². The molecule has 6 heteroatoms. The first kappa shape index (κ1) is 15.6. The summed E-state index contributed by atoms with van der Waals surface area (Å²) in [7, 11) is 0. The Balaban J connectivity index is 1.58. The minimum atomic E-state index is -0.438. The Kier molecular flexibility index (Phi) is 5.00. The van der Waals surface area contributed by atoms with Crippen LogP contribution in [0.4, 0.5) is 4.39 Å². The van der Waals surface area contributed by atoms with Gasteiger partial charge in [0.1, 0.15) is 0 Å². The molecule has 0 radical (unpaired) electrons. The van der Waals surface area contributed by atoms with Crippen LogP contribution in [-0.4, -0.2) is 40.7 Å². The van der Waals surface area contributed by atoms with Gasteiger partial charge in [-0.05, 0) is 19.3 Å². The van der Waals surface area contributed by atoms with Crippen molar-refractivity contribution < 1.29 is 13.7 Å². The summed E-state index contributed by atoms with van der Waals surface area (Å²) in [5.74, 6) is 1.46. The third-order valence-electron chi connectivity index (χ3n) is 4.19. The Morgan fingerprint density at radius 2 is 2.00 bits per heavy atom. The lowest BCUT2D eigenvalue weighted by Gasteiger charge is -2.30. The molecule has 0 bridgehead atoms. The van der Waals surface area contributed by atoms with Crippen LogP contribution in [0.1, 0.15) is 37.5 Å². The van der Waals surface area contributed by atoms with E-state index in [4.69, 9.17) is 4.52 Å². The van der Waals surface area contributed by atoms with E-state index >= 15 is 0 Å². The highest BCUT2D eigenvalue weighted by Crippen LogP contribution is 2.28. The largest absolute Gasteiger partial charge is 0.343 e.